The highest BCUT2D eigenvalue weighted by molar-refractivity contribution is 5.75. The van der Waals surface area contributed by atoms with E-state index in [0.29, 0.717) is 24.9 Å². The summed E-state index contributed by atoms with van der Waals surface area (Å²) in [6, 6.07) is 5.91. The molecule has 5 heteroatoms. The number of ether oxygens (including phenoxy) is 2. The third-order valence-corrected chi connectivity index (χ3v) is 7.48. The maximum Gasteiger partial charge on any atom is 0.310 e. The molecule has 140 valence electrons. The lowest BCUT2D eigenvalue weighted by atomic mass is 9.53. The lowest BCUT2D eigenvalue weighted by Crippen LogP contribution is -2.51. The second-order valence-corrected chi connectivity index (χ2v) is 9.05. The summed E-state index contributed by atoms with van der Waals surface area (Å²) in [4.78, 5) is 16.9. The summed E-state index contributed by atoms with van der Waals surface area (Å²) in [5, 5.41) is 3.43. The Morgan fingerprint density at radius 1 is 1.35 bits per heavy atom. The largest absolute Gasteiger partial charge is 0.462 e. The molecule has 2 saturated carbocycles. The number of epoxide rings is 1. The Morgan fingerprint density at radius 3 is 3.00 bits per heavy atom. The fraction of sp³-hybridized carbons (Fsp3) is 0.714. The minimum absolute atomic E-state index is 0.0125. The molecule has 2 aliphatic carbocycles. The van der Waals surface area contributed by atoms with Crippen LogP contribution in [-0.4, -0.2) is 35.8 Å². The third-order valence-electron chi connectivity index (χ3n) is 7.48. The van der Waals surface area contributed by atoms with Gasteiger partial charge in [0.15, 0.2) is 0 Å². The highest BCUT2D eigenvalue weighted by Gasteiger charge is 2.64. The van der Waals surface area contributed by atoms with Gasteiger partial charge in [-0.3, -0.25) is 9.78 Å². The molecule has 1 aromatic heterocycles. The van der Waals surface area contributed by atoms with Gasteiger partial charge in [0.2, 0.25) is 0 Å². The van der Waals surface area contributed by atoms with E-state index in [9.17, 15) is 4.79 Å². The first-order valence-electron chi connectivity index (χ1n) is 10.0. The van der Waals surface area contributed by atoms with Crippen molar-refractivity contribution in [3.63, 3.8) is 0 Å². The Balaban J connectivity index is 1.28. The predicted octanol–water partition coefficient (Wildman–Crippen LogP) is 2.70. The highest BCUT2D eigenvalue weighted by atomic mass is 16.6. The molecule has 0 bridgehead atoms. The van der Waals surface area contributed by atoms with Crippen molar-refractivity contribution in [3.8, 4) is 0 Å². The van der Waals surface area contributed by atoms with Gasteiger partial charge in [0.1, 0.15) is 6.10 Å². The van der Waals surface area contributed by atoms with Crippen LogP contribution >= 0.6 is 0 Å². The predicted molar refractivity (Wildman–Crippen MR) is 96.2 cm³/mol. The van der Waals surface area contributed by atoms with Gasteiger partial charge < -0.3 is 14.8 Å². The van der Waals surface area contributed by atoms with Crippen LogP contribution in [0.3, 0.4) is 0 Å². The van der Waals surface area contributed by atoms with Crippen molar-refractivity contribution in [1.82, 2.24) is 10.3 Å². The second-order valence-electron chi connectivity index (χ2n) is 9.05. The number of esters is 1. The summed E-state index contributed by atoms with van der Waals surface area (Å²) in [6.07, 6.45) is 7.66. The zero-order chi connectivity index (χ0) is 17.8. The van der Waals surface area contributed by atoms with Gasteiger partial charge in [-0.25, -0.2) is 0 Å². The van der Waals surface area contributed by atoms with Crippen LogP contribution < -0.4 is 5.32 Å². The van der Waals surface area contributed by atoms with Gasteiger partial charge >= 0.3 is 5.97 Å². The van der Waals surface area contributed by atoms with Crippen LogP contribution in [0.4, 0.5) is 0 Å². The maximum atomic E-state index is 12.6. The minimum Gasteiger partial charge on any atom is -0.462 e. The van der Waals surface area contributed by atoms with E-state index in [1.165, 1.54) is 19.3 Å². The van der Waals surface area contributed by atoms with Crippen molar-refractivity contribution in [2.45, 2.75) is 57.3 Å². The zero-order valence-electron chi connectivity index (χ0n) is 15.4. The molecule has 2 aliphatic heterocycles. The molecule has 0 aromatic carbocycles. The van der Waals surface area contributed by atoms with Crippen molar-refractivity contribution in [2.75, 3.05) is 13.2 Å². The molecule has 5 rings (SSSR count). The van der Waals surface area contributed by atoms with Crippen LogP contribution in [0, 0.1) is 23.2 Å². The average molecular weight is 356 g/mol. The first-order chi connectivity index (χ1) is 12.6. The number of aromatic nitrogens is 1. The first kappa shape index (κ1) is 16.7. The molecule has 26 heavy (non-hydrogen) atoms. The molecule has 1 aromatic rings. The molecule has 5 nitrogen and oxygen atoms in total. The normalized spacial score (nSPS) is 43.7. The number of nitrogens with zero attached hydrogens (tertiary/aromatic N) is 1. The van der Waals surface area contributed by atoms with E-state index in [1.807, 2.05) is 18.2 Å². The smallest absolute Gasteiger partial charge is 0.310 e. The molecule has 4 fully saturated rings. The number of hydrogen-bond acceptors (Lipinski definition) is 5. The van der Waals surface area contributed by atoms with Crippen LogP contribution in [-0.2, 0) is 20.8 Å². The first-order valence-corrected chi connectivity index (χ1v) is 10.0. The van der Waals surface area contributed by atoms with E-state index in [2.05, 4.69) is 17.2 Å². The lowest BCUT2D eigenvalue weighted by molar-refractivity contribution is -0.147. The molecular weight excluding hydrogens is 328 g/mol. The van der Waals surface area contributed by atoms with E-state index in [1.54, 1.807) is 6.20 Å². The standard InChI is InChI=1S/C21H28N2O3/c1-20-6-4-7-21(13-25-21)18(20)9-15-16(19(24)26-17(15)10-20)12-22-11-14-5-2-3-8-23-14/h2-3,5,8,15-18,22H,4,6-7,9-13H2,1H3. The van der Waals surface area contributed by atoms with Gasteiger partial charge in [-0.2, -0.15) is 0 Å². The Kier molecular flexibility index (Phi) is 3.87. The molecule has 1 spiro atoms. The molecular formula is C21H28N2O3. The molecule has 0 radical (unpaired) electrons. The lowest BCUT2D eigenvalue weighted by Gasteiger charge is -2.51. The number of fused-ring (bicyclic) bond motifs is 3. The number of hydrogen-bond donors (Lipinski definition) is 1. The van der Waals surface area contributed by atoms with Gasteiger partial charge in [0, 0.05) is 25.2 Å². The Labute approximate surface area is 154 Å². The van der Waals surface area contributed by atoms with Crippen molar-refractivity contribution in [2.24, 2.45) is 23.2 Å². The van der Waals surface area contributed by atoms with Crippen molar-refractivity contribution in [1.29, 1.82) is 0 Å². The van der Waals surface area contributed by atoms with Gasteiger partial charge in [-0.1, -0.05) is 13.0 Å². The number of nitrogens with one attached hydrogen (secondary N) is 1. The molecule has 1 N–H and O–H groups in total. The summed E-state index contributed by atoms with van der Waals surface area (Å²) < 4.78 is 11.8. The van der Waals surface area contributed by atoms with Gasteiger partial charge in [-0.05, 0) is 55.6 Å². The van der Waals surface area contributed by atoms with E-state index in [0.717, 1.165) is 25.1 Å². The Hall–Kier alpha value is -1.46. The third kappa shape index (κ3) is 2.67. The fourth-order valence-electron chi connectivity index (χ4n) is 6.05. The summed E-state index contributed by atoms with van der Waals surface area (Å²) in [7, 11) is 0. The molecule has 4 aliphatic rings. The van der Waals surface area contributed by atoms with Gasteiger partial charge in [-0.15, -0.1) is 0 Å². The number of rotatable bonds is 4. The van der Waals surface area contributed by atoms with Crippen LogP contribution in [0.25, 0.3) is 0 Å². The summed E-state index contributed by atoms with van der Waals surface area (Å²) in [5.74, 6) is 0.862. The average Bonchev–Trinajstić information content (AvgIpc) is 3.33. The molecule has 2 saturated heterocycles. The van der Waals surface area contributed by atoms with Gasteiger partial charge in [0.05, 0.1) is 23.8 Å². The monoisotopic (exact) mass is 356 g/mol. The zero-order valence-corrected chi connectivity index (χ0v) is 15.4. The van der Waals surface area contributed by atoms with Crippen molar-refractivity contribution < 1.29 is 14.3 Å². The van der Waals surface area contributed by atoms with Crippen molar-refractivity contribution >= 4 is 5.97 Å². The number of carbonyl (C=O) groups is 1. The summed E-state index contributed by atoms with van der Waals surface area (Å²) in [6.45, 7) is 4.68. The number of pyridine rings is 1. The summed E-state index contributed by atoms with van der Waals surface area (Å²) >= 11 is 0. The highest BCUT2D eigenvalue weighted by Crippen LogP contribution is 2.62. The quantitative estimate of drug-likeness (QED) is 0.664. The SMILES string of the molecule is CC12CCCC3(CO3)C1CC1C(C2)OC(=O)C1CNCc1ccccn1. The molecule has 6 unspecified atom stereocenters. The number of carbonyl (C=O) groups excluding carboxylic acids is 1. The molecule has 3 heterocycles. The Morgan fingerprint density at radius 2 is 2.23 bits per heavy atom. The van der Waals surface area contributed by atoms with Crippen LogP contribution in [0.15, 0.2) is 24.4 Å². The van der Waals surface area contributed by atoms with E-state index >= 15 is 0 Å². The van der Waals surface area contributed by atoms with Gasteiger partial charge in [0.25, 0.3) is 0 Å². The Bertz CT molecular complexity index is 690. The van der Waals surface area contributed by atoms with Crippen LogP contribution in [0.2, 0.25) is 0 Å². The fourth-order valence-corrected chi connectivity index (χ4v) is 6.05. The van der Waals surface area contributed by atoms with E-state index in [4.69, 9.17) is 9.47 Å². The topological polar surface area (TPSA) is 63.8 Å². The molecule has 0 amide bonds. The van der Waals surface area contributed by atoms with E-state index < -0.39 is 0 Å². The maximum absolute atomic E-state index is 12.6. The van der Waals surface area contributed by atoms with Crippen molar-refractivity contribution in [3.05, 3.63) is 30.1 Å². The minimum atomic E-state index is -0.0361. The van der Waals surface area contributed by atoms with Crippen LogP contribution in [0.1, 0.15) is 44.7 Å². The molecule has 6 atom stereocenters. The van der Waals surface area contributed by atoms with E-state index in [-0.39, 0.29) is 29.0 Å². The van der Waals surface area contributed by atoms with Crippen LogP contribution in [0.5, 0.6) is 0 Å². The summed E-state index contributed by atoms with van der Waals surface area (Å²) in [5.41, 5.74) is 1.39. The second kappa shape index (κ2) is 6.03.